The largest absolute Gasteiger partial charge is 0.250 e. The van der Waals surface area contributed by atoms with Gasteiger partial charge in [-0.15, -0.1) is 0 Å². The van der Waals surface area contributed by atoms with Crippen LogP contribution in [0.2, 0.25) is 0 Å². The molecule has 0 fully saturated rings. The number of nitrogens with one attached hydrogen (secondary N) is 1. The minimum absolute atomic E-state index is 0.340. The fourth-order valence-corrected chi connectivity index (χ4v) is 0.867. The van der Waals surface area contributed by atoms with Gasteiger partial charge in [0.15, 0.2) is 0 Å². The van der Waals surface area contributed by atoms with E-state index in [1.165, 1.54) is 6.20 Å². The predicted octanol–water partition coefficient (Wildman–Crippen LogP) is 0.684. The number of aromatic nitrogens is 1. The number of hydrogen-bond donors (Lipinski definition) is 2. The van der Waals surface area contributed by atoms with E-state index < -0.39 is 10.6 Å². The van der Waals surface area contributed by atoms with Crippen LogP contribution in [0.4, 0.5) is 0 Å². The lowest BCUT2D eigenvalue weighted by Crippen LogP contribution is -1.80. The van der Waals surface area contributed by atoms with Crippen molar-refractivity contribution in [2.24, 2.45) is 0 Å². The van der Waals surface area contributed by atoms with E-state index in [0.717, 1.165) is 0 Å². The molecule has 1 heterocycles. The minimum Gasteiger partial charge on any atom is -0.250 e. The van der Waals surface area contributed by atoms with Crippen molar-refractivity contribution in [1.82, 2.24) is 4.98 Å². The first kappa shape index (κ1) is 6.22. The van der Waals surface area contributed by atoms with Gasteiger partial charge in [-0.3, -0.25) is 0 Å². The monoisotopic (exact) mass is 142 g/mol. The second-order valence-electron chi connectivity index (χ2n) is 1.48. The van der Waals surface area contributed by atoms with Crippen LogP contribution in [0.3, 0.4) is 0 Å². The van der Waals surface area contributed by atoms with Crippen LogP contribution in [-0.4, -0.2) is 9.19 Å². The zero-order chi connectivity index (χ0) is 6.69. The van der Waals surface area contributed by atoms with Crippen LogP contribution < -0.4 is 0 Å². The molecule has 1 atom stereocenters. The summed E-state index contributed by atoms with van der Waals surface area (Å²) in [6, 6.07) is 5.01. The van der Waals surface area contributed by atoms with Crippen molar-refractivity contribution in [3.63, 3.8) is 0 Å². The first-order chi connectivity index (χ1) is 4.30. The van der Waals surface area contributed by atoms with Crippen LogP contribution in [0.5, 0.6) is 0 Å². The third-order valence-corrected chi connectivity index (χ3v) is 1.54. The Morgan fingerprint density at radius 2 is 2.33 bits per heavy atom. The summed E-state index contributed by atoms with van der Waals surface area (Å²) in [5, 5.41) is 0.340. The lowest BCUT2D eigenvalue weighted by atomic mass is 10.5. The fourth-order valence-electron chi connectivity index (χ4n) is 0.474. The van der Waals surface area contributed by atoms with E-state index in [1.54, 1.807) is 18.2 Å². The second kappa shape index (κ2) is 2.59. The maximum Gasteiger partial charge on any atom is 0.132 e. The van der Waals surface area contributed by atoms with Crippen molar-refractivity contribution in [2.45, 2.75) is 5.03 Å². The number of rotatable bonds is 1. The third kappa shape index (κ3) is 1.50. The molecule has 1 rings (SSSR count). The third-order valence-electron chi connectivity index (χ3n) is 0.857. The van der Waals surface area contributed by atoms with Crippen molar-refractivity contribution in [3.8, 4) is 0 Å². The molecule has 1 N–H and O–H groups in total. The SMILES string of the molecule is N=[SH](=O)c1ccccn1. The fraction of sp³-hybridized carbons (Fsp3) is 0. The Morgan fingerprint density at radius 1 is 1.56 bits per heavy atom. The molecule has 1 aromatic rings. The van der Waals surface area contributed by atoms with Crippen LogP contribution in [-0.2, 0) is 10.6 Å². The molecule has 0 bridgehead atoms. The highest BCUT2D eigenvalue weighted by Gasteiger charge is 1.86. The molecular weight excluding hydrogens is 136 g/mol. The number of hydrogen-bond acceptors (Lipinski definition) is 3. The molecule has 0 aliphatic heterocycles. The lowest BCUT2D eigenvalue weighted by molar-refractivity contribution is 0.684. The molecule has 9 heavy (non-hydrogen) atoms. The Morgan fingerprint density at radius 3 is 2.67 bits per heavy atom. The number of nitrogens with zero attached hydrogens (tertiary/aromatic N) is 1. The van der Waals surface area contributed by atoms with Gasteiger partial charge in [0.25, 0.3) is 0 Å². The number of thiol groups is 1. The maximum atomic E-state index is 10.4. The van der Waals surface area contributed by atoms with E-state index >= 15 is 0 Å². The van der Waals surface area contributed by atoms with E-state index in [1.807, 2.05) is 0 Å². The quantitative estimate of drug-likeness (QED) is 0.566. The molecule has 0 amide bonds. The van der Waals surface area contributed by atoms with E-state index in [0.29, 0.717) is 5.03 Å². The maximum absolute atomic E-state index is 10.4. The molecule has 3 nitrogen and oxygen atoms in total. The van der Waals surface area contributed by atoms with Gasteiger partial charge in [0.2, 0.25) is 0 Å². The van der Waals surface area contributed by atoms with Gasteiger partial charge in [-0.1, -0.05) is 6.07 Å². The Kier molecular flexibility index (Phi) is 1.79. The van der Waals surface area contributed by atoms with Gasteiger partial charge in [0.1, 0.15) is 5.03 Å². The average molecular weight is 142 g/mol. The molecule has 4 heteroatoms. The van der Waals surface area contributed by atoms with Crippen molar-refractivity contribution < 1.29 is 4.21 Å². The minimum atomic E-state index is -2.01. The molecule has 0 spiro atoms. The number of pyridine rings is 1. The molecule has 0 aliphatic carbocycles. The van der Waals surface area contributed by atoms with Gasteiger partial charge in [-0.05, 0) is 12.1 Å². The zero-order valence-electron chi connectivity index (χ0n) is 4.61. The van der Waals surface area contributed by atoms with E-state index in [-0.39, 0.29) is 0 Å². The smallest absolute Gasteiger partial charge is 0.132 e. The summed E-state index contributed by atoms with van der Waals surface area (Å²) >= 11 is 0. The average Bonchev–Trinajstić information content (AvgIpc) is 1.90. The molecule has 0 aliphatic rings. The summed E-state index contributed by atoms with van der Waals surface area (Å²) in [7, 11) is -2.01. The summed E-state index contributed by atoms with van der Waals surface area (Å²) < 4.78 is 17.2. The Balaban J connectivity index is 3.13. The molecule has 48 valence electrons. The predicted molar refractivity (Wildman–Crippen MR) is 34.8 cm³/mol. The summed E-state index contributed by atoms with van der Waals surface area (Å²) in [4.78, 5) is 3.71. The van der Waals surface area contributed by atoms with E-state index in [4.69, 9.17) is 4.78 Å². The Bertz CT molecular complexity index is 247. The van der Waals surface area contributed by atoms with Crippen LogP contribution in [0.1, 0.15) is 0 Å². The highest BCUT2D eigenvalue weighted by atomic mass is 32.2. The molecule has 1 aromatic heterocycles. The van der Waals surface area contributed by atoms with Crippen molar-refractivity contribution in [1.29, 1.82) is 4.78 Å². The first-order valence-corrected chi connectivity index (χ1v) is 3.66. The van der Waals surface area contributed by atoms with Crippen LogP contribution >= 0.6 is 0 Å². The molecule has 1 unspecified atom stereocenters. The zero-order valence-corrected chi connectivity index (χ0v) is 5.51. The van der Waals surface area contributed by atoms with Gasteiger partial charge in [-0.2, -0.15) is 0 Å². The van der Waals surface area contributed by atoms with Gasteiger partial charge < -0.3 is 0 Å². The normalized spacial score (nSPS) is 12.9. The van der Waals surface area contributed by atoms with Crippen LogP contribution in [0.15, 0.2) is 29.4 Å². The molecular formula is C5H6N2OS. The molecule has 0 saturated heterocycles. The van der Waals surface area contributed by atoms with Crippen molar-refractivity contribution in [3.05, 3.63) is 24.4 Å². The second-order valence-corrected chi connectivity index (χ2v) is 2.53. The van der Waals surface area contributed by atoms with Crippen molar-refractivity contribution in [2.75, 3.05) is 0 Å². The van der Waals surface area contributed by atoms with Gasteiger partial charge >= 0.3 is 0 Å². The summed E-state index contributed by atoms with van der Waals surface area (Å²) in [6.07, 6.45) is 1.52. The van der Waals surface area contributed by atoms with Gasteiger partial charge in [0.05, 0.1) is 10.6 Å². The Hall–Kier alpha value is -0.900. The summed E-state index contributed by atoms with van der Waals surface area (Å²) in [5.74, 6) is 0. The standard InChI is InChI=1S/C5H6N2OS/c6-9(8)5-3-1-2-4-7-5/h1-4,6,9H. The Labute approximate surface area is 54.8 Å². The highest BCUT2D eigenvalue weighted by Crippen LogP contribution is 1.92. The highest BCUT2D eigenvalue weighted by molar-refractivity contribution is 7.73. The lowest BCUT2D eigenvalue weighted by Gasteiger charge is -1.85. The first-order valence-electron chi connectivity index (χ1n) is 2.40. The van der Waals surface area contributed by atoms with E-state index in [2.05, 4.69) is 4.98 Å². The van der Waals surface area contributed by atoms with E-state index in [9.17, 15) is 4.21 Å². The van der Waals surface area contributed by atoms with Crippen LogP contribution in [0.25, 0.3) is 0 Å². The van der Waals surface area contributed by atoms with Gasteiger partial charge in [0, 0.05) is 6.20 Å². The van der Waals surface area contributed by atoms with Crippen LogP contribution in [0, 0.1) is 4.78 Å². The molecule has 0 radical (unpaired) electrons. The van der Waals surface area contributed by atoms with Gasteiger partial charge in [-0.25, -0.2) is 14.0 Å². The van der Waals surface area contributed by atoms with Crippen molar-refractivity contribution >= 4 is 10.6 Å². The molecule has 0 aromatic carbocycles. The summed E-state index contributed by atoms with van der Waals surface area (Å²) in [5.41, 5.74) is 0. The topological polar surface area (TPSA) is 53.8 Å². The summed E-state index contributed by atoms with van der Waals surface area (Å²) in [6.45, 7) is 0. The molecule has 0 saturated carbocycles.